The van der Waals surface area contributed by atoms with E-state index in [2.05, 4.69) is 9.97 Å². The first-order valence-corrected chi connectivity index (χ1v) is 4.43. The molecule has 0 aliphatic carbocycles. The van der Waals surface area contributed by atoms with Crippen molar-refractivity contribution >= 4 is 0 Å². The predicted octanol–water partition coefficient (Wildman–Crippen LogP) is 0.176. The highest BCUT2D eigenvalue weighted by atomic mass is 16.5. The minimum Gasteiger partial charge on any atom is -0.467 e. The molecule has 0 aromatic carbocycles. The van der Waals surface area contributed by atoms with Gasteiger partial charge in [-0.15, -0.1) is 0 Å². The van der Waals surface area contributed by atoms with Crippen LogP contribution < -0.4 is 10.5 Å². The number of nitrogens with zero attached hydrogens (tertiary/aromatic N) is 2. The number of ether oxygens (including phenoxy) is 1. The first-order chi connectivity index (χ1) is 6.67. The molecule has 0 aliphatic heterocycles. The van der Waals surface area contributed by atoms with Crippen LogP contribution >= 0.6 is 0 Å². The lowest BCUT2D eigenvalue weighted by molar-refractivity contribution is 0.275. The van der Waals surface area contributed by atoms with E-state index < -0.39 is 0 Å². The number of nitrogens with two attached hydrogens (primary N) is 1. The third-order valence-electron chi connectivity index (χ3n) is 1.86. The fraction of sp³-hybridized carbons (Fsp3) is 0.556. The number of methoxy groups -OCH3 is 1. The highest BCUT2D eigenvalue weighted by Gasteiger charge is 2.09. The standard InChI is InChI=1S/C9H15N3O2/c1-6-5-8(7(10)3-4-13)12-9(11-6)14-2/h5,7,13H,3-4,10H2,1-2H3. The van der Waals surface area contributed by atoms with E-state index in [4.69, 9.17) is 15.6 Å². The number of aryl methyl sites for hydroxylation is 1. The second-order valence-electron chi connectivity index (χ2n) is 3.04. The van der Waals surface area contributed by atoms with Crippen LogP contribution in [0.1, 0.15) is 23.9 Å². The Morgan fingerprint density at radius 3 is 2.86 bits per heavy atom. The maximum absolute atomic E-state index is 8.74. The minimum absolute atomic E-state index is 0.0481. The molecule has 1 rings (SSSR count). The number of hydrogen-bond acceptors (Lipinski definition) is 5. The number of rotatable bonds is 4. The molecule has 5 nitrogen and oxygen atoms in total. The van der Waals surface area contributed by atoms with E-state index >= 15 is 0 Å². The van der Waals surface area contributed by atoms with Crippen molar-refractivity contribution < 1.29 is 9.84 Å². The molecule has 0 saturated carbocycles. The van der Waals surface area contributed by atoms with Gasteiger partial charge < -0.3 is 15.6 Å². The lowest BCUT2D eigenvalue weighted by atomic mass is 10.1. The molecule has 1 heterocycles. The SMILES string of the molecule is COc1nc(C)cc(C(N)CCO)n1. The van der Waals surface area contributed by atoms with Crippen LogP contribution in [0.2, 0.25) is 0 Å². The largest absolute Gasteiger partial charge is 0.467 e. The zero-order chi connectivity index (χ0) is 10.6. The van der Waals surface area contributed by atoms with Gasteiger partial charge in [0, 0.05) is 18.3 Å². The van der Waals surface area contributed by atoms with Gasteiger partial charge >= 0.3 is 6.01 Å². The molecular weight excluding hydrogens is 182 g/mol. The summed E-state index contributed by atoms with van der Waals surface area (Å²) >= 11 is 0. The molecule has 0 aliphatic rings. The quantitative estimate of drug-likeness (QED) is 0.719. The second kappa shape index (κ2) is 4.88. The summed E-state index contributed by atoms with van der Waals surface area (Å²) in [6, 6.07) is 1.84. The maximum Gasteiger partial charge on any atom is 0.316 e. The topological polar surface area (TPSA) is 81.3 Å². The lowest BCUT2D eigenvalue weighted by Crippen LogP contribution is -2.14. The van der Waals surface area contributed by atoms with E-state index in [0.717, 1.165) is 5.69 Å². The van der Waals surface area contributed by atoms with Crippen LogP contribution in [-0.4, -0.2) is 28.8 Å². The molecule has 1 unspecified atom stereocenters. The number of aliphatic hydroxyl groups is 1. The van der Waals surface area contributed by atoms with Gasteiger partial charge in [0.1, 0.15) is 0 Å². The maximum atomic E-state index is 8.74. The van der Waals surface area contributed by atoms with E-state index in [0.29, 0.717) is 18.1 Å². The molecule has 1 aromatic heterocycles. The molecular formula is C9H15N3O2. The van der Waals surface area contributed by atoms with Gasteiger partial charge in [0.15, 0.2) is 0 Å². The molecule has 1 aromatic rings. The number of aromatic nitrogens is 2. The third kappa shape index (κ3) is 2.65. The molecule has 5 heteroatoms. The van der Waals surface area contributed by atoms with Crippen LogP contribution in [-0.2, 0) is 0 Å². The van der Waals surface area contributed by atoms with E-state index in [1.54, 1.807) is 6.07 Å². The van der Waals surface area contributed by atoms with Gasteiger partial charge in [0.05, 0.1) is 12.8 Å². The van der Waals surface area contributed by atoms with Gasteiger partial charge in [-0.05, 0) is 19.4 Å². The van der Waals surface area contributed by atoms with Gasteiger partial charge in [0.2, 0.25) is 0 Å². The van der Waals surface area contributed by atoms with E-state index in [1.807, 2.05) is 6.92 Å². The first kappa shape index (κ1) is 10.9. The summed E-state index contributed by atoms with van der Waals surface area (Å²) in [7, 11) is 1.51. The number of hydrogen-bond donors (Lipinski definition) is 2. The highest BCUT2D eigenvalue weighted by molar-refractivity contribution is 5.15. The van der Waals surface area contributed by atoms with Crippen molar-refractivity contribution in [3.05, 3.63) is 17.5 Å². The molecule has 14 heavy (non-hydrogen) atoms. The average molecular weight is 197 g/mol. The molecule has 0 radical (unpaired) electrons. The zero-order valence-corrected chi connectivity index (χ0v) is 8.40. The van der Waals surface area contributed by atoms with E-state index in [1.165, 1.54) is 7.11 Å². The molecule has 3 N–H and O–H groups in total. The molecule has 0 bridgehead atoms. The van der Waals surface area contributed by atoms with E-state index in [-0.39, 0.29) is 12.6 Å². The monoisotopic (exact) mass is 197 g/mol. The number of aliphatic hydroxyl groups excluding tert-OH is 1. The Morgan fingerprint density at radius 2 is 2.29 bits per heavy atom. The van der Waals surface area contributed by atoms with Crippen molar-refractivity contribution in [2.75, 3.05) is 13.7 Å². The predicted molar refractivity (Wildman–Crippen MR) is 52.0 cm³/mol. The van der Waals surface area contributed by atoms with Crippen LogP contribution in [0.25, 0.3) is 0 Å². The van der Waals surface area contributed by atoms with Crippen LogP contribution in [0, 0.1) is 6.92 Å². The normalized spacial score (nSPS) is 12.6. The first-order valence-electron chi connectivity index (χ1n) is 4.43. The Hall–Kier alpha value is -1.20. The van der Waals surface area contributed by atoms with Gasteiger partial charge in [0.25, 0.3) is 0 Å². The van der Waals surface area contributed by atoms with Crippen molar-refractivity contribution in [1.82, 2.24) is 9.97 Å². The Bertz CT molecular complexity index is 304. The van der Waals surface area contributed by atoms with Crippen molar-refractivity contribution in [3.63, 3.8) is 0 Å². The van der Waals surface area contributed by atoms with Gasteiger partial charge in [-0.1, -0.05) is 0 Å². The van der Waals surface area contributed by atoms with E-state index in [9.17, 15) is 0 Å². The van der Waals surface area contributed by atoms with Crippen LogP contribution in [0.3, 0.4) is 0 Å². The lowest BCUT2D eigenvalue weighted by Gasteiger charge is -2.10. The van der Waals surface area contributed by atoms with Crippen LogP contribution in [0.15, 0.2) is 6.07 Å². The molecule has 0 saturated heterocycles. The molecule has 78 valence electrons. The van der Waals surface area contributed by atoms with Crippen LogP contribution in [0.5, 0.6) is 6.01 Å². The molecule has 0 amide bonds. The zero-order valence-electron chi connectivity index (χ0n) is 8.40. The molecule has 1 atom stereocenters. The summed E-state index contributed by atoms with van der Waals surface area (Å²) in [5.74, 6) is 0. The summed E-state index contributed by atoms with van der Waals surface area (Å²) < 4.78 is 4.92. The summed E-state index contributed by atoms with van der Waals surface area (Å²) in [5, 5.41) is 8.74. The Balaban J connectivity index is 2.90. The Labute approximate surface area is 82.9 Å². The summed E-state index contributed by atoms with van der Waals surface area (Å²) in [6.07, 6.45) is 0.486. The van der Waals surface area contributed by atoms with Crippen LogP contribution in [0.4, 0.5) is 0 Å². The van der Waals surface area contributed by atoms with Gasteiger partial charge in [-0.2, -0.15) is 4.98 Å². The fourth-order valence-electron chi connectivity index (χ4n) is 1.13. The van der Waals surface area contributed by atoms with Crippen molar-refractivity contribution in [2.24, 2.45) is 5.73 Å². The highest BCUT2D eigenvalue weighted by Crippen LogP contribution is 2.14. The summed E-state index contributed by atoms with van der Waals surface area (Å²) in [5.41, 5.74) is 7.30. The minimum atomic E-state index is -0.268. The van der Waals surface area contributed by atoms with Gasteiger partial charge in [-0.3, -0.25) is 0 Å². The van der Waals surface area contributed by atoms with Crippen molar-refractivity contribution in [1.29, 1.82) is 0 Å². The average Bonchev–Trinajstić information content (AvgIpc) is 2.17. The Morgan fingerprint density at radius 1 is 1.57 bits per heavy atom. The molecule has 0 fully saturated rings. The van der Waals surface area contributed by atoms with Crippen molar-refractivity contribution in [3.8, 4) is 6.01 Å². The second-order valence-corrected chi connectivity index (χ2v) is 3.04. The third-order valence-corrected chi connectivity index (χ3v) is 1.86. The van der Waals surface area contributed by atoms with Crippen molar-refractivity contribution in [2.45, 2.75) is 19.4 Å². The smallest absolute Gasteiger partial charge is 0.316 e. The Kier molecular flexibility index (Phi) is 3.79. The summed E-state index contributed by atoms with van der Waals surface area (Å²) in [6.45, 7) is 1.89. The summed E-state index contributed by atoms with van der Waals surface area (Å²) in [4.78, 5) is 8.14. The fourth-order valence-corrected chi connectivity index (χ4v) is 1.13. The van der Waals surface area contributed by atoms with Gasteiger partial charge in [-0.25, -0.2) is 4.98 Å². The molecule has 0 spiro atoms.